The van der Waals surface area contributed by atoms with Crippen LogP contribution >= 0.6 is 12.4 Å². The van der Waals surface area contributed by atoms with Crippen LogP contribution in [0.3, 0.4) is 0 Å². The molecule has 0 unspecified atom stereocenters. The van der Waals surface area contributed by atoms with Gasteiger partial charge in [-0.05, 0) is 18.8 Å². The first-order valence-electron chi connectivity index (χ1n) is 6.10. The number of benzene rings is 1. The third kappa shape index (κ3) is 3.00. The summed E-state index contributed by atoms with van der Waals surface area (Å²) >= 11 is 0. The molecule has 0 amide bonds. The molecule has 5 N–H and O–H groups in total. The van der Waals surface area contributed by atoms with Crippen LogP contribution in [0, 0.1) is 5.92 Å². The van der Waals surface area contributed by atoms with E-state index in [2.05, 4.69) is 0 Å². The number of hydrogen-bond acceptors (Lipinski definition) is 4. The summed E-state index contributed by atoms with van der Waals surface area (Å²) in [4.78, 5) is 0. The monoisotopic (exact) mass is 273 g/mol. The first-order chi connectivity index (χ1) is 8.09. The Balaban J connectivity index is 0.00000162. The van der Waals surface area contributed by atoms with Crippen molar-refractivity contribution in [1.29, 1.82) is 0 Å². The molecule has 1 aliphatic carbocycles. The van der Waals surface area contributed by atoms with Gasteiger partial charge in [0, 0.05) is 18.2 Å². The van der Waals surface area contributed by atoms with E-state index in [0.717, 1.165) is 25.7 Å². The molecule has 0 bridgehead atoms. The molecule has 18 heavy (non-hydrogen) atoms. The van der Waals surface area contributed by atoms with Crippen molar-refractivity contribution in [2.45, 2.75) is 38.1 Å². The number of aromatic hydroxyl groups is 3. The highest BCUT2D eigenvalue weighted by Crippen LogP contribution is 2.41. The molecule has 1 fully saturated rings. The lowest BCUT2D eigenvalue weighted by Gasteiger charge is -2.28. The van der Waals surface area contributed by atoms with E-state index < -0.39 is 0 Å². The number of hydrogen-bond donors (Lipinski definition) is 4. The summed E-state index contributed by atoms with van der Waals surface area (Å²) < 4.78 is 0. The standard InChI is InChI=1S/C13H19NO3.ClH/c14-13(8-4-2-1-3-5-8)12-10(16)6-9(15)7-11(12)17;/h6-8,13,15-17H,1-5,14H2;1H/t13-;/m1./s1. The molecule has 4 nitrogen and oxygen atoms in total. The molecule has 1 saturated carbocycles. The zero-order valence-corrected chi connectivity index (χ0v) is 11.0. The Bertz CT molecular complexity index is 382. The Morgan fingerprint density at radius 1 is 1.00 bits per heavy atom. The molecule has 1 aliphatic rings. The number of phenols is 3. The summed E-state index contributed by atoms with van der Waals surface area (Å²) in [6.45, 7) is 0. The SMILES string of the molecule is Cl.N[C@@H](c1c(O)cc(O)cc1O)C1CCCCC1. The van der Waals surface area contributed by atoms with Crippen molar-refractivity contribution in [2.75, 3.05) is 0 Å². The Hall–Kier alpha value is -1.13. The largest absolute Gasteiger partial charge is 0.508 e. The van der Waals surface area contributed by atoms with Crippen LogP contribution in [-0.4, -0.2) is 15.3 Å². The van der Waals surface area contributed by atoms with Gasteiger partial charge in [-0.1, -0.05) is 19.3 Å². The van der Waals surface area contributed by atoms with Crippen LogP contribution in [0.2, 0.25) is 0 Å². The lowest BCUT2D eigenvalue weighted by molar-refractivity contribution is 0.296. The Morgan fingerprint density at radius 2 is 1.50 bits per heavy atom. The van der Waals surface area contributed by atoms with E-state index >= 15 is 0 Å². The fraction of sp³-hybridized carbons (Fsp3) is 0.538. The zero-order chi connectivity index (χ0) is 12.4. The van der Waals surface area contributed by atoms with Gasteiger partial charge in [-0.2, -0.15) is 0 Å². The molecule has 1 aromatic carbocycles. The van der Waals surface area contributed by atoms with Gasteiger partial charge in [0.25, 0.3) is 0 Å². The lowest BCUT2D eigenvalue weighted by atomic mass is 9.81. The molecule has 0 saturated heterocycles. The van der Waals surface area contributed by atoms with Gasteiger partial charge in [0.05, 0.1) is 5.56 Å². The topological polar surface area (TPSA) is 86.7 Å². The minimum Gasteiger partial charge on any atom is -0.508 e. The number of rotatable bonds is 2. The Morgan fingerprint density at radius 3 is 2.00 bits per heavy atom. The first-order valence-corrected chi connectivity index (χ1v) is 6.10. The summed E-state index contributed by atoms with van der Waals surface area (Å²) in [7, 11) is 0. The van der Waals surface area contributed by atoms with Crippen molar-refractivity contribution in [2.24, 2.45) is 11.7 Å². The van der Waals surface area contributed by atoms with Gasteiger partial charge in [0.2, 0.25) is 0 Å². The van der Waals surface area contributed by atoms with E-state index in [0.29, 0.717) is 11.5 Å². The van der Waals surface area contributed by atoms with Crippen LogP contribution in [0.25, 0.3) is 0 Å². The van der Waals surface area contributed by atoms with Crippen LogP contribution in [0.1, 0.15) is 43.7 Å². The predicted molar refractivity (Wildman–Crippen MR) is 72.2 cm³/mol. The molecule has 0 aliphatic heterocycles. The molecule has 0 spiro atoms. The van der Waals surface area contributed by atoms with E-state index in [1.54, 1.807) is 0 Å². The van der Waals surface area contributed by atoms with E-state index in [1.807, 2.05) is 0 Å². The van der Waals surface area contributed by atoms with E-state index in [1.165, 1.54) is 18.6 Å². The van der Waals surface area contributed by atoms with E-state index in [9.17, 15) is 15.3 Å². The van der Waals surface area contributed by atoms with Gasteiger partial charge in [0.15, 0.2) is 0 Å². The molecule has 5 heteroatoms. The predicted octanol–water partition coefficient (Wildman–Crippen LogP) is 2.81. The molecule has 0 aromatic heterocycles. The second kappa shape index (κ2) is 6.16. The van der Waals surface area contributed by atoms with Gasteiger partial charge in [-0.3, -0.25) is 0 Å². The third-order valence-corrected chi connectivity index (χ3v) is 3.61. The quantitative estimate of drug-likeness (QED) is 0.667. The average molecular weight is 274 g/mol. The molecule has 0 heterocycles. The van der Waals surface area contributed by atoms with Crippen molar-refractivity contribution in [3.8, 4) is 17.2 Å². The minimum absolute atomic E-state index is 0. The molecule has 1 atom stereocenters. The van der Waals surface area contributed by atoms with Gasteiger partial charge in [0.1, 0.15) is 17.2 Å². The van der Waals surface area contributed by atoms with Crippen molar-refractivity contribution in [3.05, 3.63) is 17.7 Å². The van der Waals surface area contributed by atoms with Crippen LogP contribution in [-0.2, 0) is 0 Å². The Labute approximate surface area is 113 Å². The fourth-order valence-corrected chi connectivity index (χ4v) is 2.68. The van der Waals surface area contributed by atoms with Crippen molar-refractivity contribution in [3.63, 3.8) is 0 Å². The van der Waals surface area contributed by atoms with Gasteiger partial charge in [-0.15, -0.1) is 12.4 Å². The second-order valence-corrected chi connectivity index (χ2v) is 4.82. The number of phenolic OH excluding ortho intramolecular Hbond substituents is 3. The first kappa shape index (κ1) is 14.9. The zero-order valence-electron chi connectivity index (χ0n) is 10.2. The Kier molecular flexibility index (Phi) is 5.11. The maximum atomic E-state index is 9.77. The van der Waals surface area contributed by atoms with Gasteiger partial charge >= 0.3 is 0 Å². The fourth-order valence-electron chi connectivity index (χ4n) is 2.68. The molecule has 0 radical (unpaired) electrons. The highest BCUT2D eigenvalue weighted by molar-refractivity contribution is 5.85. The summed E-state index contributed by atoms with van der Waals surface area (Å²) in [5.74, 6) is -0.106. The van der Waals surface area contributed by atoms with Crippen LogP contribution in [0.15, 0.2) is 12.1 Å². The molecular formula is C13H20ClNO3. The van der Waals surface area contributed by atoms with Crippen LogP contribution in [0.4, 0.5) is 0 Å². The van der Waals surface area contributed by atoms with E-state index in [4.69, 9.17) is 5.73 Å². The summed E-state index contributed by atoms with van der Waals surface area (Å²) in [6.07, 6.45) is 5.59. The maximum Gasteiger partial charge on any atom is 0.127 e. The number of halogens is 1. The molecular weight excluding hydrogens is 254 g/mol. The minimum atomic E-state index is -0.365. The van der Waals surface area contributed by atoms with Gasteiger partial charge < -0.3 is 21.1 Å². The smallest absolute Gasteiger partial charge is 0.127 e. The number of nitrogens with two attached hydrogens (primary N) is 1. The van der Waals surface area contributed by atoms with E-state index in [-0.39, 0.29) is 35.7 Å². The van der Waals surface area contributed by atoms with Gasteiger partial charge in [-0.25, -0.2) is 0 Å². The second-order valence-electron chi connectivity index (χ2n) is 4.82. The van der Waals surface area contributed by atoms with Crippen molar-refractivity contribution in [1.82, 2.24) is 0 Å². The highest BCUT2D eigenvalue weighted by atomic mass is 35.5. The molecule has 1 aromatic rings. The lowest BCUT2D eigenvalue weighted by Crippen LogP contribution is -2.23. The van der Waals surface area contributed by atoms with Crippen LogP contribution in [0.5, 0.6) is 17.2 Å². The third-order valence-electron chi connectivity index (χ3n) is 3.61. The average Bonchev–Trinajstić information content (AvgIpc) is 2.28. The van der Waals surface area contributed by atoms with Crippen molar-refractivity contribution < 1.29 is 15.3 Å². The van der Waals surface area contributed by atoms with Crippen molar-refractivity contribution >= 4 is 12.4 Å². The normalized spacial score (nSPS) is 18.1. The molecule has 2 rings (SSSR count). The summed E-state index contributed by atoms with van der Waals surface area (Å²) in [5.41, 5.74) is 6.48. The summed E-state index contributed by atoms with van der Waals surface area (Å²) in [5, 5.41) is 28.8. The highest BCUT2D eigenvalue weighted by Gasteiger charge is 2.26. The van der Waals surface area contributed by atoms with Crippen LogP contribution < -0.4 is 5.73 Å². The maximum absolute atomic E-state index is 9.77. The molecule has 102 valence electrons. The summed E-state index contributed by atoms with van der Waals surface area (Å²) in [6, 6.07) is 2.08.